The van der Waals surface area contributed by atoms with Gasteiger partial charge in [0.15, 0.2) is 5.60 Å². The van der Waals surface area contributed by atoms with Gasteiger partial charge in [-0.2, -0.15) is 0 Å². The highest BCUT2D eigenvalue weighted by Crippen LogP contribution is 2.25. The van der Waals surface area contributed by atoms with Crippen LogP contribution in [0, 0.1) is 0 Å². The molecule has 0 aliphatic carbocycles. The van der Waals surface area contributed by atoms with Crippen LogP contribution in [0.1, 0.15) is 136 Å². The summed E-state index contributed by atoms with van der Waals surface area (Å²) in [4.78, 5) is 12.1. The first kappa shape index (κ1) is 30.1. The maximum atomic E-state index is 12.1. The molecule has 0 heterocycles. The van der Waals surface area contributed by atoms with Crippen LogP contribution in [0.25, 0.3) is 0 Å². The van der Waals surface area contributed by atoms with E-state index in [0.717, 1.165) is 64.2 Å². The Morgan fingerprint density at radius 3 is 1.90 bits per heavy atom. The quantitative estimate of drug-likeness (QED) is 0.106. The number of hydrogen-bond donors (Lipinski definition) is 2. The summed E-state index contributed by atoms with van der Waals surface area (Å²) in [5.41, 5.74) is -1.31. The first-order valence-electron chi connectivity index (χ1n) is 13.1. The van der Waals surface area contributed by atoms with Gasteiger partial charge < -0.3 is 14.9 Å². The van der Waals surface area contributed by atoms with Crippen LogP contribution in [-0.4, -0.2) is 35.0 Å². The van der Waals surface area contributed by atoms with Crippen molar-refractivity contribution in [2.45, 2.75) is 148 Å². The maximum Gasteiger partial charge on any atom is 0.337 e. The Labute approximate surface area is 192 Å². The second kappa shape index (κ2) is 21.0. The molecular weight excluding hydrogens is 388 g/mol. The van der Waals surface area contributed by atoms with Crippen LogP contribution in [0.3, 0.4) is 0 Å². The molecule has 31 heavy (non-hydrogen) atoms. The Hall–Kier alpha value is -0.870. The minimum Gasteiger partial charge on any atom is -0.467 e. The fourth-order valence-corrected chi connectivity index (χ4v) is 4.05. The van der Waals surface area contributed by atoms with Gasteiger partial charge in [0.25, 0.3) is 0 Å². The van der Waals surface area contributed by atoms with Gasteiger partial charge in [-0.25, -0.2) is 4.79 Å². The summed E-state index contributed by atoms with van der Waals surface area (Å²) in [6.45, 7) is 4.40. The standard InChI is InChI=1S/C27H52O4/c1-4-6-8-10-15-19-23-27(30,26(29)31-3)24-20-16-13-11-12-14-18-22-25(28)21-17-9-7-5-2/h14,18,25,28,30H,4-13,15-17,19-24H2,1-3H3/b18-14-/t25-,27?/m1/s1. The van der Waals surface area contributed by atoms with E-state index in [-0.39, 0.29) is 6.10 Å². The minimum atomic E-state index is -1.31. The lowest BCUT2D eigenvalue weighted by atomic mass is 9.89. The average Bonchev–Trinajstić information content (AvgIpc) is 2.77. The van der Waals surface area contributed by atoms with Crippen LogP contribution in [0.4, 0.5) is 0 Å². The molecular formula is C27H52O4. The molecule has 0 rings (SSSR count). The molecule has 0 aromatic heterocycles. The molecule has 184 valence electrons. The molecule has 0 fully saturated rings. The van der Waals surface area contributed by atoms with Gasteiger partial charge in [0, 0.05) is 0 Å². The minimum absolute atomic E-state index is 0.198. The van der Waals surface area contributed by atoms with E-state index >= 15 is 0 Å². The Balaban J connectivity index is 3.87. The van der Waals surface area contributed by atoms with E-state index in [1.165, 1.54) is 52.1 Å². The molecule has 0 radical (unpaired) electrons. The predicted molar refractivity (Wildman–Crippen MR) is 131 cm³/mol. The number of ether oxygens (including phenoxy) is 1. The number of unbranched alkanes of at least 4 members (excludes halogenated alkanes) is 12. The van der Waals surface area contributed by atoms with Gasteiger partial charge in [0.05, 0.1) is 13.2 Å². The topological polar surface area (TPSA) is 66.8 Å². The SMILES string of the molecule is CCCCCCCCC(O)(CCCCCC/C=C\C[C@H](O)CCCCCC)C(=O)OC. The van der Waals surface area contributed by atoms with Crippen LogP contribution in [0.15, 0.2) is 12.2 Å². The van der Waals surface area contributed by atoms with Gasteiger partial charge in [-0.15, -0.1) is 0 Å². The summed E-state index contributed by atoms with van der Waals surface area (Å²) >= 11 is 0. The number of allylic oxidation sites excluding steroid dienone is 1. The molecule has 4 nitrogen and oxygen atoms in total. The number of rotatable bonds is 22. The largest absolute Gasteiger partial charge is 0.467 e. The maximum absolute atomic E-state index is 12.1. The number of hydrogen-bond acceptors (Lipinski definition) is 4. The van der Waals surface area contributed by atoms with Gasteiger partial charge in [-0.1, -0.05) is 96.6 Å². The van der Waals surface area contributed by atoms with Gasteiger partial charge in [-0.3, -0.25) is 0 Å². The van der Waals surface area contributed by atoms with Gasteiger partial charge in [-0.05, 0) is 51.4 Å². The first-order chi connectivity index (χ1) is 15.0. The number of methoxy groups -OCH3 is 1. The van der Waals surface area contributed by atoms with Crippen molar-refractivity contribution in [1.82, 2.24) is 0 Å². The molecule has 0 spiro atoms. The Kier molecular flexibility index (Phi) is 20.4. The molecule has 0 aromatic rings. The molecule has 0 saturated carbocycles. The van der Waals surface area contributed by atoms with E-state index in [0.29, 0.717) is 12.8 Å². The second-order valence-corrected chi connectivity index (χ2v) is 9.20. The molecule has 0 saturated heterocycles. The third-order valence-corrected chi connectivity index (χ3v) is 6.19. The number of aliphatic hydroxyl groups excluding tert-OH is 1. The Morgan fingerprint density at radius 1 is 0.806 bits per heavy atom. The molecule has 4 heteroatoms. The van der Waals surface area contributed by atoms with Gasteiger partial charge in [0.1, 0.15) is 0 Å². The number of esters is 1. The van der Waals surface area contributed by atoms with E-state index in [2.05, 4.69) is 26.0 Å². The molecule has 0 aliphatic heterocycles. The molecule has 2 atom stereocenters. The highest BCUT2D eigenvalue weighted by molar-refractivity contribution is 5.79. The van der Waals surface area contributed by atoms with E-state index < -0.39 is 11.6 Å². The highest BCUT2D eigenvalue weighted by atomic mass is 16.5. The molecule has 1 unspecified atom stereocenters. The normalized spacial score (nSPS) is 14.6. The number of carbonyl (C=O) groups is 1. The monoisotopic (exact) mass is 440 g/mol. The third-order valence-electron chi connectivity index (χ3n) is 6.19. The van der Waals surface area contributed by atoms with Crippen LogP contribution < -0.4 is 0 Å². The first-order valence-corrected chi connectivity index (χ1v) is 13.1. The molecule has 2 N–H and O–H groups in total. The van der Waals surface area contributed by atoms with Crippen molar-refractivity contribution < 1.29 is 19.7 Å². The Bertz CT molecular complexity index is 435. The third kappa shape index (κ3) is 17.4. The Morgan fingerprint density at radius 2 is 1.32 bits per heavy atom. The van der Waals surface area contributed by atoms with Crippen LogP contribution >= 0.6 is 0 Å². The van der Waals surface area contributed by atoms with Gasteiger partial charge in [0.2, 0.25) is 0 Å². The van der Waals surface area contributed by atoms with E-state index in [4.69, 9.17) is 4.74 Å². The van der Waals surface area contributed by atoms with E-state index in [9.17, 15) is 15.0 Å². The van der Waals surface area contributed by atoms with Crippen molar-refractivity contribution in [1.29, 1.82) is 0 Å². The van der Waals surface area contributed by atoms with Crippen molar-refractivity contribution >= 4 is 5.97 Å². The van der Waals surface area contributed by atoms with Crippen molar-refractivity contribution in [2.24, 2.45) is 0 Å². The number of carbonyl (C=O) groups excluding carboxylic acids is 1. The zero-order chi connectivity index (χ0) is 23.2. The summed E-state index contributed by atoms with van der Waals surface area (Å²) in [6, 6.07) is 0. The zero-order valence-corrected chi connectivity index (χ0v) is 20.9. The molecule has 0 amide bonds. The predicted octanol–water partition coefficient (Wildman–Crippen LogP) is 7.26. The summed E-state index contributed by atoms with van der Waals surface area (Å²) in [6.07, 6.45) is 23.6. The zero-order valence-electron chi connectivity index (χ0n) is 20.9. The van der Waals surface area contributed by atoms with Crippen LogP contribution in [0.5, 0.6) is 0 Å². The summed E-state index contributed by atoms with van der Waals surface area (Å²) < 4.78 is 4.87. The molecule has 0 aromatic carbocycles. The smallest absolute Gasteiger partial charge is 0.337 e. The van der Waals surface area contributed by atoms with Crippen LogP contribution in [0.2, 0.25) is 0 Å². The van der Waals surface area contributed by atoms with E-state index in [1.54, 1.807) is 0 Å². The fourth-order valence-electron chi connectivity index (χ4n) is 4.05. The number of aliphatic hydroxyl groups is 2. The van der Waals surface area contributed by atoms with Crippen molar-refractivity contribution in [3.63, 3.8) is 0 Å². The van der Waals surface area contributed by atoms with E-state index in [1.807, 2.05) is 0 Å². The second-order valence-electron chi connectivity index (χ2n) is 9.20. The van der Waals surface area contributed by atoms with Gasteiger partial charge >= 0.3 is 5.97 Å². The lowest BCUT2D eigenvalue weighted by Gasteiger charge is -2.25. The van der Waals surface area contributed by atoms with Crippen molar-refractivity contribution in [2.75, 3.05) is 7.11 Å². The highest BCUT2D eigenvalue weighted by Gasteiger charge is 2.35. The van der Waals surface area contributed by atoms with Crippen molar-refractivity contribution in [3.05, 3.63) is 12.2 Å². The lowest BCUT2D eigenvalue weighted by Crippen LogP contribution is -2.39. The average molecular weight is 441 g/mol. The fraction of sp³-hybridized carbons (Fsp3) is 0.889. The molecule has 0 aliphatic rings. The van der Waals surface area contributed by atoms with Crippen molar-refractivity contribution in [3.8, 4) is 0 Å². The summed E-state index contributed by atoms with van der Waals surface area (Å²) in [5.74, 6) is -0.475. The summed E-state index contributed by atoms with van der Waals surface area (Å²) in [7, 11) is 1.36. The lowest BCUT2D eigenvalue weighted by molar-refractivity contribution is -0.164. The van der Waals surface area contributed by atoms with Crippen LogP contribution in [-0.2, 0) is 9.53 Å². The summed E-state index contributed by atoms with van der Waals surface area (Å²) in [5, 5.41) is 20.8. The molecule has 0 bridgehead atoms.